The number of carbonyl (C=O) groups excluding carboxylic acids is 1. The Morgan fingerprint density at radius 2 is 1.91 bits per heavy atom. The summed E-state index contributed by atoms with van der Waals surface area (Å²) in [5.41, 5.74) is 1.17. The van der Waals surface area contributed by atoms with Crippen molar-refractivity contribution in [3.05, 3.63) is 70.0 Å². The lowest BCUT2D eigenvalue weighted by Gasteiger charge is -2.27. The molecule has 1 amide bonds. The van der Waals surface area contributed by atoms with Crippen LogP contribution in [0.25, 0.3) is 11.4 Å². The molecule has 0 radical (unpaired) electrons. The first-order valence-electron chi connectivity index (χ1n) is 9.89. The molecule has 1 aliphatic heterocycles. The minimum Gasteiger partial charge on any atom is -0.378 e. The fourth-order valence-electron chi connectivity index (χ4n) is 3.35. The fraction of sp³-hybridized carbons (Fsp3) is 0.333. The highest BCUT2D eigenvalue weighted by molar-refractivity contribution is 5.94. The van der Waals surface area contributed by atoms with Crippen molar-refractivity contribution in [2.24, 2.45) is 0 Å². The summed E-state index contributed by atoms with van der Waals surface area (Å²) in [7, 11) is 0. The van der Waals surface area contributed by atoms with Gasteiger partial charge in [0.1, 0.15) is 0 Å². The molecule has 11 heteroatoms. The van der Waals surface area contributed by atoms with E-state index in [1.54, 1.807) is 23.1 Å². The van der Waals surface area contributed by atoms with Crippen molar-refractivity contribution < 1.29 is 27.2 Å². The van der Waals surface area contributed by atoms with E-state index in [1.165, 1.54) is 16.8 Å². The van der Waals surface area contributed by atoms with E-state index < -0.39 is 17.6 Å². The predicted molar refractivity (Wildman–Crippen MR) is 106 cm³/mol. The van der Waals surface area contributed by atoms with Crippen LogP contribution in [-0.4, -0.2) is 51.8 Å². The second kappa shape index (κ2) is 8.95. The number of halogens is 3. The largest absolute Gasteiger partial charge is 0.471 e. The molecule has 0 N–H and O–H groups in total. The first kappa shape index (κ1) is 21.8. The third-order valence-electron chi connectivity index (χ3n) is 5.04. The Balaban J connectivity index is 1.43. The zero-order chi connectivity index (χ0) is 22.7. The topological polar surface area (TPSA) is 90.5 Å². The number of benzene rings is 1. The first-order valence-corrected chi connectivity index (χ1v) is 9.89. The van der Waals surface area contributed by atoms with Crippen molar-refractivity contribution in [1.29, 1.82) is 0 Å². The van der Waals surface area contributed by atoms with Crippen molar-refractivity contribution >= 4 is 5.91 Å². The van der Waals surface area contributed by atoms with Crippen LogP contribution in [0.1, 0.15) is 21.8 Å². The molecular formula is C21H19F3N4O4. The second-order valence-electron chi connectivity index (χ2n) is 7.22. The molecule has 0 bridgehead atoms. The van der Waals surface area contributed by atoms with Crippen molar-refractivity contribution in [2.75, 3.05) is 26.3 Å². The second-order valence-corrected chi connectivity index (χ2v) is 7.22. The summed E-state index contributed by atoms with van der Waals surface area (Å²) in [5, 5.41) is 3.28. The van der Waals surface area contributed by atoms with Gasteiger partial charge in [0.05, 0.1) is 13.2 Å². The van der Waals surface area contributed by atoms with Crippen LogP contribution in [0.15, 0.2) is 51.9 Å². The Morgan fingerprint density at radius 1 is 1.12 bits per heavy atom. The van der Waals surface area contributed by atoms with Gasteiger partial charge in [-0.2, -0.15) is 18.2 Å². The van der Waals surface area contributed by atoms with Crippen molar-refractivity contribution in [1.82, 2.24) is 19.6 Å². The normalized spacial score (nSPS) is 14.5. The average molecular weight is 448 g/mol. The Labute approximate surface area is 180 Å². The minimum absolute atomic E-state index is 0.0602. The van der Waals surface area contributed by atoms with Gasteiger partial charge in [-0.25, -0.2) is 0 Å². The maximum atomic E-state index is 12.6. The van der Waals surface area contributed by atoms with E-state index in [0.29, 0.717) is 44.8 Å². The molecule has 1 aliphatic rings. The SMILES string of the molecule is O=C(c1cccc(CCn2ccc(-c3noc(C(F)(F)F)n3)cc2=O)c1)N1CCOCC1. The maximum Gasteiger partial charge on any atom is 0.471 e. The summed E-state index contributed by atoms with van der Waals surface area (Å²) in [6.45, 7) is 2.47. The van der Waals surface area contributed by atoms with Crippen LogP contribution in [-0.2, 0) is 23.9 Å². The highest BCUT2D eigenvalue weighted by atomic mass is 19.4. The molecule has 2 aromatic heterocycles. The van der Waals surface area contributed by atoms with Crippen LogP contribution in [0.3, 0.4) is 0 Å². The average Bonchev–Trinajstić information content (AvgIpc) is 3.30. The number of carbonyl (C=O) groups is 1. The Morgan fingerprint density at radius 3 is 2.59 bits per heavy atom. The summed E-state index contributed by atoms with van der Waals surface area (Å²) in [6, 6.07) is 9.82. The zero-order valence-electron chi connectivity index (χ0n) is 16.8. The van der Waals surface area contributed by atoms with Gasteiger partial charge in [-0.1, -0.05) is 17.3 Å². The van der Waals surface area contributed by atoms with E-state index in [2.05, 4.69) is 14.7 Å². The van der Waals surface area contributed by atoms with Gasteiger partial charge < -0.3 is 18.7 Å². The molecule has 1 saturated heterocycles. The number of pyridine rings is 1. The van der Waals surface area contributed by atoms with Crippen LogP contribution in [0.5, 0.6) is 0 Å². The summed E-state index contributed by atoms with van der Waals surface area (Å²) in [4.78, 5) is 30.1. The molecular weight excluding hydrogens is 429 g/mol. The predicted octanol–water partition coefficient (Wildman–Crippen LogP) is 2.63. The number of alkyl halides is 3. The van der Waals surface area contributed by atoms with Crippen molar-refractivity contribution in [2.45, 2.75) is 19.1 Å². The summed E-state index contributed by atoms with van der Waals surface area (Å²) < 4.78 is 48.7. The molecule has 1 aromatic carbocycles. The number of ether oxygens (including phenoxy) is 1. The van der Waals surface area contributed by atoms with E-state index in [1.807, 2.05) is 6.07 Å². The summed E-state index contributed by atoms with van der Waals surface area (Å²) in [6.07, 6.45) is -2.80. The summed E-state index contributed by atoms with van der Waals surface area (Å²) >= 11 is 0. The van der Waals surface area contributed by atoms with E-state index in [0.717, 1.165) is 11.6 Å². The number of aromatic nitrogens is 3. The molecule has 32 heavy (non-hydrogen) atoms. The third-order valence-corrected chi connectivity index (χ3v) is 5.04. The van der Waals surface area contributed by atoms with E-state index in [-0.39, 0.29) is 17.3 Å². The third kappa shape index (κ3) is 4.88. The van der Waals surface area contributed by atoms with Crippen LogP contribution in [0.2, 0.25) is 0 Å². The van der Waals surface area contributed by atoms with Gasteiger partial charge in [0.2, 0.25) is 5.82 Å². The van der Waals surface area contributed by atoms with Gasteiger partial charge in [-0.3, -0.25) is 9.59 Å². The van der Waals surface area contributed by atoms with Crippen molar-refractivity contribution in [3.8, 4) is 11.4 Å². The van der Waals surface area contributed by atoms with E-state index in [9.17, 15) is 22.8 Å². The lowest BCUT2D eigenvalue weighted by Crippen LogP contribution is -2.40. The maximum absolute atomic E-state index is 12.6. The first-order chi connectivity index (χ1) is 15.3. The standard InChI is InChI=1S/C21H19F3N4O4/c22-21(23,24)20-25-18(26-32-20)15-5-7-27(17(29)13-15)6-4-14-2-1-3-16(12-14)19(30)28-8-10-31-11-9-28/h1-3,5,7,12-13H,4,6,8-11H2. The molecule has 8 nitrogen and oxygen atoms in total. The quantitative estimate of drug-likeness (QED) is 0.596. The van der Waals surface area contributed by atoms with Gasteiger partial charge in [0.25, 0.3) is 11.5 Å². The number of hydrogen-bond donors (Lipinski definition) is 0. The number of hydrogen-bond acceptors (Lipinski definition) is 6. The number of morpholine rings is 1. The van der Waals surface area contributed by atoms with Gasteiger partial charge in [-0.15, -0.1) is 0 Å². The minimum atomic E-state index is -4.75. The van der Waals surface area contributed by atoms with E-state index in [4.69, 9.17) is 4.74 Å². The van der Waals surface area contributed by atoms with Crippen LogP contribution < -0.4 is 5.56 Å². The molecule has 0 atom stereocenters. The Bertz CT molecular complexity index is 1170. The van der Waals surface area contributed by atoms with Gasteiger partial charge in [0, 0.05) is 43.0 Å². The molecule has 3 heterocycles. The van der Waals surface area contributed by atoms with Crippen LogP contribution >= 0.6 is 0 Å². The molecule has 0 spiro atoms. The molecule has 0 saturated carbocycles. The number of nitrogens with zero attached hydrogens (tertiary/aromatic N) is 4. The van der Waals surface area contributed by atoms with Crippen LogP contribution in [0, 0.1) is 0 Å². The van der Waals surface area contributed by atoms with Gasteiger partial charge in [0.15, 0.2) is 0 Å². The van der Waals surface area contributed by atoms with Gasteiger partial charge in [-0.05, 0) is 30.2 Å². The molecule has 168 valence electrons. The fourth-order valence-corrected chi connectivity index (χ4v) is 3.35. The monoisotopic (exact) mass is 448 g/mol. The Kier molecular flexibility index (Phi) is 6.08. The smallest absolute Gasteiger partial charge is 0.378 e. The number of rotatable bonds is 5. The van der Waals surface area contributed by atoms with E-state index >= 15 is 0 Å². The molecule has 4 rings (SSSR count). The molecule has 0 unspecified atom stereocenters. The summed E-state index contributed by atoms with van der Waals surface area (Å²) in [5.74, 6) is -1.84. The highest BCUT2D eigenvalue weighted by Gasteiger charge is 2.38. The number of amides is 1. The molecule has 0 aliphatic carbocycles. The molecule has 1 fully saturated rings. The zero-order valence-corrected chi connectivity index (χ0v) is 16.8. The lowest BCUT2D eigenvalue weighted by atomic mass is 10.1. The Hall–Kier alpha value is -3.47. The highest BCUT2D eigenvalue weighted by Crippen LogP contribution is 2.29. The number of aryl methyl sites for hydroxylation is 2. The van der Waals surface area contributed by atoms with Crippen molar-refractivity contribution in [3.63, 3.8) is 0 Å². The lowest BCUT2D eigenvalue weighted by molar-refractivity contribution is -0.159. The van der Waals surface area contributed by atoms with Gasteiger partial charge >= 0.3 is 12.1 Å². The van der Waals surface area contributed by atoms with Crippen LogP contribution in [0.4, 0.5) is 13.2 Å². The molecule has 3 aromatic rings.